The van der Waals surface area contributed by atoms with Gasteiger partial charge in [-0.25, -0.2) is 0 Å². The lowest BCUT2D eigenvalue weighted by molar-refractivity contribution is 0.343. The minimum absolute atomic E-state index is 1.24. The van der Waals surface area contributed by atoms with Crippen LogP contribution >= 0.6 is 0 Å². The Bertz CT molecular complexity index is 134. The van der Waals surface area contributed by atoms with E-state index in [1.807, 2.05) is 0 Å². The largest absolute Gasteiger partial charge is 0.383 e. The molecule has 0 heterocycles. The average molecular weight is 100 g/mol. The predicted octanol–water partition coefficient (Wildman–Crippen LogP) is 0.942. The summed E-state index contributed by atoms with van der Waals surface area (Å²) in [4.78, 5) is 0. The Hall–Kier alpha value is -1.09. The maximum Gasteiger partial charge on any atom is 0.383 e. The summed E-state index contributed by atoms with van der Waals surface area (Å²) in [5.41, 5.74) is 0. The minimum atomic E-state index is -2.03. The third kappa shape index (κ3) is 4.91. The Balaban J connectivity index is 3.50. The van der Waals surface area contributed by atoms with Crippen LogP contribution in [0, 0.1) is 29.6 Å². The summed E-state index contributed by atoms with van der Waals surface area (Å²) in [7, 11) is 0. The van der Waals surface area contributed by atoms with Crippen molar-refractivity contribution in [3.05, 3.63) is 6.43 Å². The Labute approximate surface area is 39.6 Å². The van der Waals surface area contributed by atoms with Crippen molar-refractivity contribution in [2.45, 2.75) is 0 Å². The molecule has 0 N–H and O–H groups in total. The van der Waals surface area contributed by atoms with Crippen LogP contribution in [0.25, 0.3) is 0 Å². The summed E-state index contributed by atoms with van der Waals surface area (Å²) in [5.74, 6) is 2.78. The maximum atomic E-state index is 10.8. The second kappa shape index (κ2) is 3.11. The van der Waals surface area contributed by atoms with Gasteiger partial charge < -0.3 is 0 Å². The average Bonchev–Trinajstić information content (AvgIpc) is 1.61. The zero-order valence-corrected chi connectivity index (χ0v) is 3.20. The third-order valence-corrected chi connectivity index (χ3v) is 0.213. The summed E-state index contributed by atoms with van der Waals surface area (Å²) in [6, 6.07) is 1.24. The Kier molecular flexibility index (Phi) is 2.63. The SMILES string of the molecule is N#CC#C[C](F)F. The van der Waals surface area contributed by atoms with Crippen molar-refractivity contribution in [1.82, 2.24) is 0 Å². The normalized spacial score (nSPS) is 6.57. The van der Waals surface area contributed by atoms with Crippen LogP contribution in [0.4, 0.5) is 8.78 Å². The molecule has 1 radical (unpaired) electrons. The van der Waals surface area contributed by atoms with E-state index in [0.29, 0.717) is 0 Å². The van der Waals surface area contributed by atoms with Crippen LogP contribution in [0.2, 0.25) is 0 Å². The standard InChI is InChI=1S/C4F2N/c5-4(6)2-1-3-7. The van der Waals surface area contributed by atoms with Crippen LogP contribution in [0.5, 0.6) is 0 Å². The van der Waals surface area contributed by atoms with Gasteiger partial charge in [0.15, 0.2) is 6.07 Å². The van der Waals surface area contributed by atoms with E-state index in [2.05, 4.69) is 0 Å². The van der Waals surface area contributed by atoms with Crippen molar-refractivity contribution < 1.29 is 8.78 Å². The smallest absolute Gasteiger partial charge is 0.184 e. The summed E-state index contributed by atoms with van der Waals surface area (Å²) >= 11 is 0. The van der Waals surface area contributed by atoms with E-state index < -0.39 is 6.43 Å². The first-order valence-electron chi connectivity index (χ1n) is 1.35. The molecule has 0 aliphatic heterocycles. The molecule has 0 atom stereocenters. The fraction of sp³-hybridized carbons (Fsp3) is 0. The molecule has 0 aliphatic rings. The topological polar surface area (TPSA) is 23.8 Å². The van der Waals surface area contributed by atoms with Gasteiger partial charge in [0, 0.05) is 5.92 Å². The van der Waals surface area contributed by atoms with Gasteiger partial charge in [-0.05, 0) is 5.92 Å². The first-order valence-corrected chi connectivity index (χ1v) is 1.35. The number of hydrogen-bond acceptors (Lipinski definition) is 1. The maximum absolute atomic E-state index is 10.8. The molecule has 35 valence electrons. The highest BCUT2D eigenvalue weighted by atomic mass is 19.3. The molecule has 0 aromatic heterocycles. The Morgan fingerprint density at radius 2 is 2.00 bits per heavy atom. The van der Waals surface area contributed by atoms with E-state index >= 15 is 0 Å². The van der Waals surface area contributed by atoms with Crippen LogP contribution in [-0.4, -0.2) is 0 Å². The van der Waals surface area contributed by atoms with Gasteiger partial charge in [-0.15, -0.1) is 0 Å². The van der Waals surface area contributed by atoms with Crippen molar-refractivity contribution in [3.8, 4) is 17.9 Å². The van der Waals surface area contributed by atoms with E-state index in [-0.39, 0.29) is 0 Å². The van der Waals surface area contributed by atoms with Gasteiger partial charge >= 0.3 is 6.43 Å². The van der Waals surface area contributed by atoms with E-state index in [1.165, 1.54) is 17.9 Å². The zero-order chi connectivity index (χ0) is 5.70. The van der Waals surface area contributed by atoms with E-state index in [1.54, 1.807) is 0 Å². The second-order valence-corrected chi connectivity index (χ2v) is 0.622. The highest BCUT2D eigenvalue weighted by Crippen LogP contribution is 1.96. The van der Waals surface area contributed by atoms with E-state index in [0.717, 1.165) is 0 Å². The molecule has 0 amide bonds. The van der Waals surface area contributed by atoms with Gasteiger partial charge in [0.1, 0.15) is 0 Å². The molecule has 0 spiro atoms. The fourth-order valence-electron chi connectivity index (χ4n) is 0.0752. The van der Waals surface area contributed by atoms with Crippen LogP contribution < -0.4 is 0 Å². The monoisotopic (exact) mass is 100.0 g/mol. The van der Waals surface area contributed by atoms with Crippen molar-refractivity contribution in [3.63, 3.8) is 0 Å². The predicted molar refractivity (Wildman–Crippen MR) is 18.8 cm³/mol. The minimum Gasteiger partial charge on any atom is -0.184 e. The molecule has 1 nitrogen and oxygen atoms in total. The number of halogens is 2. The third-order valence-electron chi connectivity index (χ3n) is 0.213. The molecule has 7 heavy (non-hydrogen) atoms. The molecule has 0 aliphatic carbocycles. The molecule has 0 saturated heterocycles. The molecule has 0 fully saturated rings. The van der Waals surface area contributed by atoms with Gasteiger partial charge in [0.25, 0.3) is 0 Å². The van der Waals surface area contributed by atoms with Gasteiger partial charge in [-0.1, -0.05) is 0 Å². The van der Waals surface area contributed by atoms with Gasteiger partial charge in [-0.2, -0.15) is 14.0 Å². The summed E-state index contributed by atoms with van der Waals surface area (Å²) < 4.78 is 21.6. The van der Waals surface area contributed by atoms with Crippen molar-refractivity contribution in [2.75, 3.05) is 0 Å². The van der Waals surface area contributed by atoms with Crippen molar-refractivity contribution in [2.24, 2.45) is 0 Å². The van der Waals surface area contributed by atoms with Gasteiger partial charge in [0.2, 0.25) is 0 Å². The Morgan fingerprint density at radius 3 is 2.14 bits per heavy atom. The van der Waals surface area contributed by atoms with Crippen LogP contribution in [-0.2, 0) is 0 Å². The molecule has 0 aromatic rings. The van der Waals surface area contributed by atoms with Crippen LogP contribution in [0.3, 0.4) is 0 Å². The van der Waals surface area contributed by atoms with Crippen LogP contribution in [0.1, 0.15) is 0 Å². The summed E-state index contributed by atoms with van der Waals surface area (Å²) in [6.07, 6.45) is -2.03. The number of hydrogen-bond donors (Lipinski definition) is 0. The highest BCUT2D eigenvalue weighted by Gasteiger charge is 1.93. The molecule has 3 heteroatoms. The lowest BCUT2D eigenvalue weighted by Gasteiger charge is -1.68. The lowest BCUT2D eigenvalue weighted by Crippen LogP contribution is -1.65. The molecule has 0 unspecified atom stereocenters. The molecule has 0 bridgehead atoms. The van der Waals surface area contributed by atoms with E-state index in [4.69, 9.17) is 5.26 Å². The van der Waals surface area contributed by atoms with E-state index in [9.17, 15) is 8.78 Å². The van der Waals surface area contributed by atoms with Gasteiger partial charge in [0.05, 0.1) is 0 Å². The fourth-order valence-corrected chi connectivity index (χ4v) is 0.0752. The second-order valence-electron chi connectivity index (χ2n) is 0.622. The lowest BCUT2D eigenvalue weighted by atomic mass is 10.6. The number of nitrogens with zero attached hydrogens (tertiary/aromatic N) is 1. The van der Waals surface area contributed by atoms with Crippen molar-refractivity contribution >= 4 is 0 Å². The zero-order valence-electron chi connectivity index (χ0n) is 3.20. The summed E-state index contributed by atoms with van der Waals surface area (Å²) in [6.45, 7) is 0. The molecule has 0 rings (SSSR count). The first kappa shape index (κ1) is 5.91. The first-order chi connectivity index (χ1) is 3.27. The quantitative estimate of drug-likeness (QED) is 0.415. The number of rotatable bonds is 0. The molecular weight excluding hydrogens is 100 g/mol. The Morgan fingerprint density at radius 1 is 1.43 bits per heavy atom. The molecular formula is C4F2N. The summed E-state index contributed by atoms with van der Waals surface area (Å²) in [5, 5.41) is 7.54. The highest BCUT2D eigenvalue weighted by molar-refractivity contribution is 5.22. The number of nitriles is 1. The van der Waals surface area contributed by atoms with Crippen LogP contribution in [0.15, 0.2) is 0 Å². The van der Waals surface area contributed by atoms with Gasteiger partial charge in [-0.3, -0.25) is 0 Å². The molecule has 0 saturated carbocycles. The molecule has 0 aromatic carbocycles. The van der Waals surface area contributed by atoms with Crippen molar-refractivity contribution in [1.29, 1.82) is 5.26 Å².